The van der Waals surface area contributed by atoms with Crippen molar-refractivity contribution in [3.05, 3.63) is 69.9 Å². The maximum Gasteiger partial charge on any atom is 0.352 e. The molecule has 1 aliphatic heterocycles. The summed E-state index contributed by atoms with van der Waals surface area (Å²) in [6.07, 6.45) is 2.23. The Labute approximate surface area is 158 Å². The van der Waals surface area contributed by atoms with Gasteiger partial charge in [0.1, 0.15) is 12.9 Å². The second-order valence-electron chi connectivity index (χ2n) is 6.46. The number of nitrogens with zero attached hydrogens (tertiary/aromatic N) is 5. The largest absolute Gasteiger partial charge is 0.352 e. The van der Waals surface area contributed by atoms with Crippen LogP contribution in [0.1, 0.15) is 5.56 Å². The van der Waals surface area contributed by atoms with Crippen LogP contribution in [0.2, 0.25) is 5.02 Å². The fourth-order valence-electron chi connectivity index (χ4n) is 3.54. The number of halogens is 1. The summed E-state index contributed by atoms with van der Waals surface area (Å²) in [6, 6.07) is 13.0. The molecule has 2 aromatic heterocycles. The molecule has 7 nitrogen and oxygen atoms in total. The van der Waals surface area contributed by atoms with Gasteiger partial charge in [-0.2, -0.15) is 0 Å². The molecule has 2 aromatic carbocycles. The minimum absolute atomic E-state index is 0.121. The molecule has 3 heterocycles. The lowest BCUT2D eigenvalue weighted by Crippen LogP contribution is -2.35. The van der Waals surface area contributed by atoms with E-state index in [2.05, 4.69) is 10.1 Å². The summed E-state index contributed by atoms with van der Waals surface area (Å²) in [5, 5.41) is 5.64. The minimum Gasteiger partial charge on any atom is -0.310 e. The van der Waals surface area contributed by atoms with Gasteiger partial charge in [-0.1, -0.05) is 29.8 Å². The van der Waals surface area contributed by atoms with Crippen molar-refractivity contribution in [2.24, 2.45) is 0 Å². The van der Waals surface area contributed by atoms with Crippen LogP contribution < -0.4 is 10.6 Å². The molecule has 0 atom stereocenters. The van der Waals surface area contributed by atoms with E-state index in [4.69, 9.17) is 11.6 Å². The first-order valence-electron chi connectivity index (χ1n) is 8.53. The van der Waals surface area contributed by atoms with Gasteiger partial charge in [-0.3, -0.25) is 4.79 Å². The Morgan fingerprint density at radius 1 is 1.19 bits per heavy atom. The van der Waals surface area contributed by atoms with Crippen LogP contribution in [0, 0.1) is 0 Å². The Hall–Kier alpha value is -3.19. The van der Waals surface area contributed by atoms with Gasteiger partial charge in [0.15, 0.2) is 5.65 Å². The number of benzene rings is 2. The molecular formula is C19H14ClN5O2. The van der Waals surface area contributed by atoms with E-state index in [1.54, 1.807) is 23.1 Å². The molecule has 5 rings (SSSR count). The van der Waals surface area contributed by atoms with E-state index in [9.17, 15) is 9.59 Å². The average molecular weight is 380 g/mol. The van der Waals surface area contributed by atoms with Crippen molar-refractivity contribution in [3.8, 4) is 0 Å². The normalized spacial score (nSPS) is 13.4. The maximum absolute atomic E-state index is 12.8. The van der Waals surface area contributed by atoms with Crippen molar-refractivity contribution in [3.63, 3.8) is 0 Å². The fourth-order valence-corrected chi connectivity index (χ4v) is 3.71. The number of fused-ring (bicyclic) bond motifs is 4. The summed E-state index contributed by atoms with van der Waals surface area (Å²) >= 11 is 6.00. The number of carbonyl (C=O) groups is 1. The highest BCUT2D eigenvalue weighted by molar-refractivity contribution is 6.31. The molecule has 0 aliphatic carbocycles. The molecule has 27 heavy (non-hydrogen) atoms. The molecule has 134 valence electrons. The molecule has 0 spiro atoms. The topological polar surface area (TPSA) is 72.5 Å². The number of amides is 1. The van der Waals surface area contributed by atoms with Crippen LogP contribution in [-0.4, -0.2) is 31.6 Å². The van der Waals surface area contributed by atoms with Crippen molar-refractivity contribution in [2.75, 3.05) is 11.4 Å². The van der Waals surface area contributed by atoms with Gasteiger partial charge in [-0.15, -0.1) is 5.10 Å². The average Bonchev–Trinajstić information content (AvgIpc) is 3.23. The lowest BCUT2D eigenvalue weighted by Gasteiger charge is -2.16. The monoisotopic (exact) mass is 379 g/mol. The number of anilines is 1. The third-order valence-electron chi connectivity index (χ3n) is 4.86. The SMILES string of the molecule is O=C(Cn1nc2c3ccc(Cl)cc3ncn2c1=O)N1CCc2ccccc21. The van der Waals surface area contributed by atoms with Crippen molar-refractivity contribution < 1.29 is 4.79 Å². The summed E-state index contributed by atoms with van der Waals surface area (Å²) in [5.74, 6) is -0.161. The molecule has 4 aromatic rings. The van der Waals surface area contributed by atoms with Gasteiger partial charge in [0.05, 0.1) is 5.52 Å². The standard InChI is InChI=1S/C19H14ClN5O2/c20-13-5-6-14-15(9-13)21-11-24-18(14)22-25(19(24)27)10-17(26)23-8-7-12-3-1-2-4-16(12)23/h1-6,9,11H,7-8,10H2. The zero-order valence-electron chi connectivity index (χ0n) is 14.2. The zero-order valence-corrected chi connectivity index (χ0v) is 14.9. The van der Waals surface area contributed by atoms with Gasteiger partial charge in [0.25, 0.3) is 0 Å². The van der Waals surface area contributed by atoms with Gasteiger partial charge in [-0.05, 0) is 36.2 Å². The predicted molar refractivity (Wildman–Crippen MR) is 102 cm³/mol. The molecule has 1 aliphatic rings. The Morgan fingerprint density at radius 2 is 2.04 bits per heavy atom. The Morgan fingerprint density at radius 3 is 2.93 bits per heavy atom. The summed E-state index contributed by atoms with van der Waals surface area (Å²) in [6.45, 7) is 0.493. The van der Waals surface area contributed by atoms with Crippen LogP contribution in [-0.2, 0) is 17.8 Å². The number of carbonyl (C=O) groups excluding carboxylic acids is 1. The second kappa shape index (κ2) is 5.92. The van der Waals surface area contributed by atoms with Crippen LogP contribution in [0.25, 0.3) is 16.6 Å². The van der Waals surface area contributed by atoms with Crippen molar-refractivity contribution >= 4 is 39.7 Å². The Bertz CT molecular complexity index is 1280. The molecular weight excluding hydrogens is 366 g/mol. The van der Waals surface area contributed by atoms with Gasteiger partial charge in [-0.25, -0.2) is 18.9 Å². The third-order valence-corrected chi connectivity index (χ3v) is 5.09. The molecule has 8 heteroatoms. The summed E-state index contributed by atoms with van der Waals surface area (Å²) in [4.78, 5) is 31.4. The molecule has 1 amide bonds. The molecule has 0 saturated carbocycles. The molecule has 0 N–H and O–H groups in total. The van der Waals surface area contributed by atoms with Crippen LogP contribution in [0.4, 0.5) is 5.69 Å². The highest BCUT2D eigenvalue weighted by Gasteiger charge is 2.25. The number of hydrogen-bond donors (Lipinski definition) is 0. The van der Waals surface area contributed by atoms with Crippen molar-refractivity contribution in [1.29, 1.82) is 0 Å². The van der Waals surface area contributed by atoms with E-state index in [-0.39, 0.29) is 12.5 Å². The smallest absolute Gasteiger partial charge is 0.310 e. The van der Waals surface area contributed by atoms with Crippen molar-refractivity contribution in [2.45, 2.75) is 13.0 Å². The van der Waals surface area contributed by atoms with Gasteiger partial charge >= 0.3 is 5.69 Å². The van der Waals surface area contributed by atoms with Crippen LogP contribution in [0.15, 0.2) is 53.6 Å². The minimum atomic E-state index is -0.393. The molecule has 0 unspecified atom stereocenters. The highest BCUT2D eigenvalue weighted by atomic mass is 35.5. The molecule has 0 fully saturated rings. The van der Waals surface area contributed by atoms with E-state index in [1.165, 1.54) is 15.4 Å². The van der Waals surface area contributed by atoms with E-state index >= 15 is 0 Å². The molecule has 0 bridgehead atoms. The van der Waals surface area contributed by atoms with E-state index in [1.807, 2.05) is 24.3 Å². The quantitative estimate of drug-likeness (QED) is 0.535. The van der Waals surface area contributed by atoms with E-state index in [0.717, 1.165) is 17.7 Å². The van der Waals surface area contributed by atoms with Gasteiger partial charge in [0.2, 0.25) is 5.91 Å². The molecule has 0 saturated heterocycles. The van der Waals surface area contributed by atoms with Gasteiger partial charge < -0.3 is 4.90 Å². The van der Waals surface area contributed by atoms with E-state index in [0.29, 0.717) is 28.1 Å². The van der Waals surface area contributed by atoms with E-state index < -0.39 is 5.69 Å². The summed E-state index contributed by atoms with van der Waals surface area (Å²) < 4.78 is 2.54. The summed E-state index contributed by atoms with van der Waals surface area (Å²) in [7, 11) is 0. The number of rotatable bonds is 2. The van der Waals surface area contributed by atoms with Crippen molar-refractivity contribution in [1.82, 2.24) is 19.2 Å². The highest BCUT2D eigenvalue weighted by Crippen LogP contribution is 2.27. The van der Waals surface area contributed by atoms with Crippen LogP contribution >= 0.6 is 11.6 Å². The predicted octanol–water partition coefficient (Wildman–Crippen LogP) is 2.29. The lowest BCUT2D eigenvalue weighted by atomic mass is 10.2. The first-order chi connectivity index (χ1) is 13.1. The molecule has 0 radical (unpaired) electrons. The Kier molecular flexibility index (Phi) is 3.51. The Balaban J connectivity index is 1.54. The number of para-hydroxylation sites is 1. The first-order valence-corrected chi connectivity index (χ1v) is 8.91. The fraction of sp³-hybridized carbons (Fsp3) is 0.158. The second-order valence-corrected chi connectivity index (χ2v) is 6.90. The van der Waals surface area contributed by atoms with Crippen LogP contribution in [0.3, 0.4) is 0 Å². The lowest BCUT2D eigenvalue weighted by molar-refractivity contribution is -0.119. The van der Waals surface area contributed by atoms with Crippen LogP contribution in [0.5, 0.6) is 0 Å². The van der Waals surface area contributed by atoms with Gasteiger partial charge in [0, 0.05) is 22.6 Å². The number of hydrogen-bond acceptors (Lipinski definition) is 4. The summed E-state index contributed by atoms with van der Waals surface area (Å²) in [5.41, 5.74) is 2.75. The third kappa shape index (κ3) is 2.50. The number of aromatic nitrogens is 4. The zero-order chi connectivity index (χ0) is 18.5. The maximum atomic E-state index is 12.8. The first kappa shape index (κ1) is 16.0.